The molecule has 1 aliphatic rings. The molecule has 0 aromatic heterocycles. The number of esters is 1. The molecule has 0 N–H and O–H groups in total. The number of benzene rings is 3. The SMILES string of the molecule is O=C(OCc1ccc(Cl)cc1Cl)c1ccc2c(c1Cl)C(=O)c1ccccc1C2=O. The third-order valence-electron chi connectivity index (χ3n) is 4.62. The van der Waals surface area contributed by atoms with Gasteiger partial charge in [0.05, 0.1) is 16.1 Å². The van der Waals surface area contributed by atoms with Gasteiger partial charge in [-0.3, -0.25) is 9.59 Å². The van der Waals surface area contributed by atoms with Crippen LogP contribution in [-0.2, 0) is 11.3 Å². The highest BCUT2D eigenvalue weighted by Gasteiger charge is 2.33. The lowest BCUT2D eigenvalue weighted by Crippen LogP contribution is -2.22. The van der Waals surface area contributed by atoms with E-state index in [1.54, 1.807) is 42.5 Å². The Labute approximate surface area is 181 Å². The molecular weight excluding hydrogens is 435 g/mol. The summed E-state index contributed by atoms with van der Waals surface area (Å²) >= 11 is 18.3. The molecule has 29 heavy (non-hydrogen) atoms. The minimum absolute atomic E-state index is 0.00367. The molecule has 0 aliphatic heterocycles. The lowest BCUT2D eigenvalue weighted by molar-refractivity contribution is 0.0473. The number of carbonyl (C=O) groups excluding carboxylic acids is 3. The highest BCUT2D eigenvalue weighted by atomic mass is 35.5. The third kappa shape index (κ3) is 3.44. The molecular formula is C22H11Cl3O4. The van der Waals surface area contributed by atoms with E-state index in [0.29, 0.717) is 21.2 Å². The smallest absolute Gasteiger partial charge is 0.340 e. The topological polar surface area (TPSA) is 60.4 Å². The minimum atomic E-state index is -0.733. The number of hydrogen-bond acceptors (Lipinski definition) is 4. The van der Waals surface area contributed by atoms with Crippen molar-refractivity contribution in [2.24, 2.45) is 0 Å². The average molecular weight is 446 g/mol. The molecule has 4 nitrogen and oxygen atoms in total. The van der Waals surface area contributed by atoms with Crippen molar-refractivity contribution in [1.82, 2.24) is 0 Å². The predicted molar refractivity (Wildman–Crippen MR) is 110 cm³/mol. The Morgan fingerprint density at radius 2 is 1.52 bits per heavy atom. The average Bonchev–Trinajstić information content (AvgIpc) is 2.71. The first-order valence-corrected chi connectivity index (χ1v) is 9.64. The van der Waals surface area contributed by atoms with Gasteiger partial charge in [-0.2, -0.15) is 0 Å². The van der Waals surface area contributed by atoms with Gasteiger partial charge < -0.3 is 4.74 Å². The summed E-state index contributed by atoms with van der Waals surface area (Å²) in [6, 6.07) is 14.1. The Morgan fingerprint density at radius 1 is 0.828 bits per heavy atom. The fourth-order valence-corrected chi connectivity index (χ4v) is 3.95. The van der Waals surface area contributed by atoms with E-state index in [0.717, 1.165) is 0 Å². The Balaban J connectivity index is 1.65. The van der Waals surface area contributed by atoms with Gasteiger partial charge in [0, 0.05) is 32.3 Å². The molecule has 0 radical (unpaired) electrons. The van der Waals surface area contributed by atoms with Gasteiger partial charge in [-0.15, -0.1) is 0 Å². The molecule has 144 valence electrons. The molecule has 0 heterocycles. The predicted octanol–water partition coefficient (Wildman–Crippen LogP) is 5.78. The van der Waals surface area contributed by atoms with Crippen LogP contribution in [0.3, 0.4) is 0 Å². The van der Waals surface area contributed by atoms with Crippen molar-refractivity contribution in [3.8, 4) is 0 Å². The van der Waals surface area contributed by atoms with E-state index in [-0.39, 0.29) is 39.7 Å². The maximum atomic E-state index is 12.9. The zero-order valence-electron chi connectivity index (χ0n) is 14.7. The van der Waals surface area contributed by atoms with Gasteiger partial charge in [-0.05, 0) is 24.3 Å². The van der Waals surface area contributed by atoms with Crippen molar-refractivity contribution in [3.63, 3.8) is 0 Å². The van der Waals surface area contributed by atoms with Gasteiger partial charge in [0.2, 0.25) is 0 Å². The van der Waals surface area contributed by atoms with Crippen LogP contribution >= 0.6 is 34.8 Å². The lowest BCUT2D eigenvalue weighted by Gasteiger charge is -2.19. The van der Waals surface area contributed by atoms with Crippen molar-refractivity contribution >= 4 is 52.3 Å². The number of ketones is 2. The first-order chi connectivity index (χ1) is 13.9. The zero-order chi connectivity index (χ0) is 20.7. The van der Waals surface area contributed by atoms with Crippen molar-refractivity contribution in [1.29, 1.82) is 0 Å². The normalized spacial score (nSPS) is 12.4. The van der Waals surface area contributed by atoms with Gasteiger partial charge in [0.15, 0.2) is 11.6 Å². The van der Waals surface area contributed by atoms with E-state index in [4.69, 9.17) is 39.5 Å². The number of ether oxygens (including phenoxy) is 1. The molecule has 0 atom stereocenters. The summed E-state index contributed by atoms with van der Waals surface area (Å²) in [6.07, 6.45) is 0. The third-order valence-corrected chi connectivity index (χ3v) is 5.60. The lowest BCUT2D eigenvalue weighted by atomic mass is 9.83. The van der Waals surface area contributed by atoms with Crippen LogP contribution in [0.1, 0.15) is 47.8 Å². The Hall–Kier alpha value is -2.66. The van der Waals surface area contributed by atoms with Gasteiger partial charge in [0.25, 0.3) is 0 Å². The van der Waals surface area contributed by atoms with E-state index in [1.165, 1.54) is 12.1 Å². The van der Waals surface area contributed by atoms with Gasteiger partial charge in [-0.1, -0.05) is 65.1 Å². The number of halogens is 3. The van der Waals surface area contributed by atoms with Crippen LogP contribution in [0.25, 0.3) is 0 Å². The van der Waals surface area contributed by atoms with E-state index < -0.39 is 11.8 Å². The van der Waals surface area contributed by atoms with Gasteiger partial charge in [-0.25, -0.2) is 4.79 Å². The molecule has 0 saturated heterocycles. The monoisotopic (exact) mass is 444 g/mol. The summed E-state index contributed by atoms with van der Waals surface area (Å²) in [5.74, 6) is -1.46. The molecule has 7 heteroatoms. The Bertz CT molecular complexity index is 1200. The van der Waals surface area contributed by atoms with E-state index in [1.807, 2.05) is 0 Å². The first-order valence-electron chi connectivity index (χ1n) is 8.50. The molecule has 0 fully saturated rings. The van der Waals surface area contributed by atoms with Crippen LogP contribution in [0.4, 0.5) is 0 Å². The zero-order valence-corrected chi connectivity index (χ0v) is 16.9. The molecule has 0 saturated carbocycles. The molecule has 0 amide bonds. The van der Waals surface area contributed by atoms with Crippen molar-refractivity contribution < 1.29 is 19.1 Å². The molecule has 3 aromatic rings. The second-order valence-electron chi connectivity index (χ2n) is 6.37. The van der Waals surface area contributed by atoms with E-state index in [9.17, 15) is 14.4 Å². The number of rotatable bonds is 3. The van der Waals surface area contributed by atoms with Crippen LogP contribution < -0.4 is 0 Å². The molecule has 3 aromatic carbocycles. The first kappa shape index (κ1) is 19.6. The number of fused-ring (bicyclic) bond motifs is 2. The summed E-state index contributed by atoms with van der Waals surface area (Å²) in [5, 5.41) is 0.716. The quantitative estimate of drug-likeness (QED) is 0.375. The van der Waals surface area contributed by atoms with Crippen LogP contribution in [0.5, 0.6) is 0 Å². The van der Waals surface area contributed by atoms with Gasteiger partial charge in [0.1, 0.15) is 6.61 Å². The fourth-order valence-electron chi connectivity index (χ4n) is 3.16. The van der Waals surface area contributed by atoms with E-state index in [2.05, 4.69) is 0 Å². The van der Waals surface area contributed by atoms with E-state index >= 15 is 0 Å². The molecule has 0 bridgehead atoms. The second-order valence-corrected chi connectivity index (χ2v) is 7.59. The van der Waals surface area contributed by atoms with Crippen molar-refractivity contribution in [2.45, 2.75) is 6.61 Å². The second kappa shape index (κ2) is 7.64. The molecule has 0 unspecified atom stereocenters. The maximum absolute atomic E-state index is 12.9. The largest absolute Gasteiger partial charge is 0.457 e. The summed E-state index contributed by atoms with van der Waals surface area (Å²) in [6.45, 7) is -0.0992. The summed E-state index contributed by atoms with van der Waals surface area (Å²) in [4.78, 5) is 38.2. The summed E-state index contributed by atoms with van der Waals surface area (Å²) < 4.78 is 5.29. The highest BCUT2D eigenvalue weighted by Crippen LogP contribution is 2.34. The maximum Gasteiger partial charge on any atom is 0.340 e. The van der Waals surface area contributed by atoms with Crippen LogP contribution in [-0.4, -0.2) is 17.5 Å². The Kier molecular flexibility index (Phi) is 5.17. The van der Waals surface area contributed by atoms with Crippen LogP contribution in [0.15, 0.2) is 54.6 Å². The van der Waals surface area contributed by atoms with Crippen molar-refractivity contribution in [3.05, 3.63) is 103 Å². The van der Waals surface area contributed by atoms with Crippen LogP contribution in [0, 0.1) is 0 Å². The molecule has 0 spiro atoms. The van der Waals surface area contributed by atoms with Gasteiger partial charge >= 0.3 is 5.97 Å². The Morgan fingerprint density at radius 3 is 2.21 bits per heavy atom. The standard InChI is InChI=1S/C22H11Cl3O4/c23-12-6-5-11(17(24)9-12)10-29-22(28)16-8-7-15-18(19(16)25)21(27)14-4-2-1-3-13(14)20(15)26/h1-9H,10H2. The molecule has 4 rings (SSSR count). The van der Waals surface area contributed by atoms with Crippen LogP contribution in [0.2, 0.25) is 15.1 Å². The number of carbonyl (C=O) groups is 3. The fraction of sp³-hybridized carbons (Fsp3) is 0.0455. The summed E-state index contributed by atoms with van der Waals surface area (Å²) in [7, 11) is 0. The van der Waals surface area contributed by atoms with Crippen molar-refractivity contribution in [2.75, 3.05) is 0 Å². The highest BCUT2D eigenvalue weighted by molar-refractivity contribution is 6.41. The molecule has 1 aliphatic carbocycles. The summed E-state index contributed by atoms with van der Waals surface area (Å²) in [5.41, 5.74) is 1.30. The number of hydrogen-bond donors (Lipinski definition) is 0. The minimum Gasteiger partial charge on any atom is -0.457 e.